The highest BCUT2D eigenvalue weighted by molar-refractivity contribution is 5.31. The lowest BCUT2D eigenvalue weighted by molar-refractivity contribution is -0.570. The predicted octanol–water partition coefficient (Wildman–Crippen LogP) is 1.41. The van der Waals surface area contributed by atoms with Gasteiger partial charge in [0.25, 0.3) is 0 Å². The summed E-state index contributed by atoms with van der Waals surface area (Å²) in [6, 6.07) is 8.42. The van der Waals surface area contributed by atoms with Crippen molar-refractivity contribution in [2.75, 3.05) is 0 Å². The third-order valence-electron chi connectivity index (χ3n) is 1.50. The first-order chi connectivity index (χ1) is 6.26. The standard InChI is InChI=1S/C8H7N3O2/c9-5-7-1-3-8(4-2-7)6-11(13)10-12/h1-4,12H,6H2/b11-10-. The van der Waals surface area contributed by atoms with E-state index < -0.39 is 0 Å². The lowest BCUT2D eigenvalue weighted by atomic mass is 10.1. The Hall–Kier alpha value is -2.09. The van der Waals surface area contributed by atoms with Crippen molar-refractivity contribution in [1.82, 2.24) is 0 Å². The molecule has 0 heterocycles. The Kier molecular flexibility index (Phi) is 2.82. The summed E-state index contributed by atoms with van der Waals surface area (Å²) in [5, 5.41) is 29.6. The monoisotopic (exact) mass is 177 g/mol. The number of hydroxylamine groups is 1. The van der Waals surface area contributed by atoms with E-state index in [4.69, 9.17) is 10.5 Å². The van der Waals surface area contributed by atoms with Crippen LogP contribution in [0, 0.1) is 16.5 Å². The maximum absolute atomic E-state index is 10.6. The third kappa shape index (κ3) is 2.45. The molecule has 1 N–H and O–H groups in total. The summed E-state index contributed by atoms with van der Waals surface area (Å²) < 4.78 is 0. The Morgan fingerprint density at radius 2 is 2.08 bits per heavy atom. The molecule has 0 fully saturated rings. The molecule has 1 aromatic rings. The van der Waals surface area contributed by atoms with Gasteiger partial charge < -0.3 is 10.4 Å². The molecule has 0 aliphatic heterocycles. The van der Waals surface area contributed by atoms with Crippen LogP contribution in [-0.2, 0) is 6.54 Å². The maximum atomic E-state index is 10.6. The molecule has 5 heteroatoms. The summed E-state index contributed by atoms with van der Waals surface area (Å²) in [7, 11) is 0. The fourth-order valence-corrected chi connectivity index (χ4v) is 0.872. The van der Waals surface area contributed by atoms with E-state index in [1.165, 1.54) is 0 Å². The fraction of sp³-hybridized carbons (Fsp3) is 0.125. The molecule has 13 heavy (non-hydrogen) atoms. The smallest absolute Gasteiger partial charge is 0.209 e. The molecule has 0 atom stereocenters. The second-order valence-electron chi connectivity index (χ2n) is 2.41. The molecule has 0 aromatic heterocycles. The topological polar surface area (TPSA) is 82.5 Å². The molecule has 66 valence electrons. The first-order valence-electron chi connectivity index (χ1n) is 3.55. The van der Waals surface area contributed by atoms with E-state index in [0.717, 1.165) is 0 Å². The highest BCUT2D eigenvalue weighted by Gasteiger charge is 1.99. The molecule has 5 nitrogen and oxygen atoms in total. The van der Waals surface area contributed by atoms with Crippen LogP contribution in [0.5, 0.6) is 0 Å². The largest absolute Gasteiger partial charge is 0.597 e. The molecule has 0 radical (unpaired) electrons. The van der Waals surface area contributed by atoms with Gasteiger partial charge in [0, 0.05) is 5.56 Å². The molecule has 1 aromatic carbocycles. The van der Waals surface area contributed by atoms with Crippen molar-refractivity contribution in [3.05, 3.63) is 40.6 Å². The zero-order chi connectivity index (χ0) is 9.68. The molecule has 0 bridgehead atoms. The van der Waals surface area contributed by atoms with Crippen LogP contribution >= 0.6 is 0 Å². The van der Waals surface area contributed by atoms with Gasteiger partial charge in [-0.15, -0.1) is 0 Å². The number of nitrogens with zero attached hydrogens (tertiary/aromatic N) is 3. The highest BCUT2D eigenvalue weighted by Crippen LogP contribution is 2.04. The van der Waals surface area contributed by atoms with Gasteiger partial charge in [-0.1, -0.05) is 17.0 Å². The van der Waals surface area contributed by atoms with Crippen LogP contribution in [0.3, 0.4) is 0 Å². The fourth-order valence-electron chi connectivity index (χ4n) is 0.872. The Bertz CT molecular complexity index is 351. The lowest BCUT2D eigenvalue weighted by Gasteiger charge is -1.97. The zero-order valence-electron chi connectivity index (χ0n) is 6.71. The van der Waals surface area contributed by atoms with Crippen LogP contribution < -0.4 is 0 Å². The van der Waals surface area contributed by atoms with Crippen molar-refractivity contribution in [3.8, 4) is 6.07 Å². The van der Waals surface area contributed by atoms with Gasteiger partial charge in [-0.25, -0.2) is 0 Å². The number of rotatable bonds is 2. The van der Waals surface area contributed by atoms with Crippen molar-refractivity contribution < 1.29 is 10.1 Å². The molecule has 0 aliphatic rings. The summed E-state index contributed by atoms with van der Waals surface area (Å²) in [4.78, 5) is 0.154. The van der Waals surface area contributed by atoms with Gasteiger partial charge in [0.2, 0.25) is 6.54 Å². The van der Waals surface area contributed by atoms with Gasteiger partial charge in [0.1, 0.15) is 0 Å². The van der Waals surface area contributed by atoms with Crippen LogP contribution in [0.4, 0.5) is 0 Å². The van der Waals surface area contributed by atoms with E-state index >= 15 is 0 Å². The van der Waals surface area contributed by atoms with Crippen molar-refractivity contribution >= 4 is 0 Å². The minimum atomic E-state index is -0.0256. The van der Waals surface area contributed by atoms with Crippen LogP contribution in [0.25, 0.3) is 0 Å². The average molecular weight is 177 g/mol. The van der Waals surface area contributed by atoms with Crippen LogP contribution in [0.2, 0.25) is 0 Å². The number of hydrogen-bond donors (Lipinski definition) is 1. The molecule has 0 saturated heterocycles. The van der Waals surface area contributed by atoms with E-state index in [1.807, 2.05) is 6.07 Å². The van der Waals surface area contributed by atoms with Crippen molar-refractivity contribution in [2.45, 2.75) is 6.54 Å². The molecule has 0 amide bonds. The van der Waals surface area contributed by atoms with E-state index in [1.54, 1.807) is 24.3 Å². The first kappa shape index (κ1) is 9.00. The van der Waals surface area contributed by atoms with E-state index in [-0.39, 0.29) is 11.4 Å². The zero-order valence-corrected chi connectivity index (χ0v) is 6.71. The van der Waals surface area contributed by atoms with Gasteiger partial charge in [0.05, 0.1) is 11.6 Å². The molecule has 0 aliphatic carbocycles. The molecule has 1 rings (SSSR count). The second kappa shape index (κ2) is 4.07. The summed E-state index contributed by atoms with van der Waals surface area (Å²) >= 11 is 0. The van der Waals surface area contributed by atoms with Crippen LogP contribution in [-0.4, -0.2) is 10.1 Å². The highest BCUT2D eigenvalue weighted by atomic mass is 16.6. The van der Waals surface area contributed by atoms with Gasteiger partial charge >= 0.3 is 0 Å². The second-order valence-corrected chi connectivity index (χ2v) is 2.41. The Morgan fingerprint density at radius 3 is 2.54 bits per heavy atom. The summed E-state index contributed by atoms with van der Waals surface area (Å²) in [6.45, 7) is -0.0256. The molecular formula is C8H7N3O2. The van der Waals surface area contributed by atoms with E-state index in [9.17, 15) is 5.21 Å². The van der Waals surface area contributed by atoms with E-state index in [2.05, 4.69) is 5.28 Å². The van der Waals surface area contributed by atoms with Crippen LogP contribution in [0.15, 0.2) is 29.5 Å². The molecule has 0 saturated carbocycles. The number of nitriles is 1. The molecule has 0 spiro atoms. The van der Waals surface area contributed by atoms with Gasteiger partial charge in [0.15, 0.2) is 5.28 Å². The Morgan fingerprint density at radius 1 is 1.46 bits per heavy atom. The Balaban J connectivity index is 2.77. The summed E-state index contributed by atoms with van der Waals surface area (Å²) in [6.07, 6.45) is 0. The lowest BCUT2D eigenvalue weighted by Crippen LogP contribution is -1.99. The van der Waals surface area contributed by atoms with Crippen LogP contribution in [0.1, 0.15) is 11.1 Å². The van der Waals surface area contributed by atoms with Crippen molar-refractivity contribution in [2.24, 2.45) is 5.28 Å². The van der Waals surface area contributed by atoms with Gasteiger partial charge in [-0.05, 0) is 12.1 Å². The molecular weight excluding hydrogens is 170 g/mol. The van der Waals surface area contributed by atoms with Gasteiger partial charge in [-0.2, -0.15) is 5.26 Å². The normalized spacial score (nSPS) is 10.8. The number of hydrogen-bond acceptors (Lipinski definition) is 3. The quantitative estimate of drug-likeness (QED) is 0.421. The first-order valence-corrected chi connectivity index (χ1v) is 3.55. The van der Waals surface area contributed by atoms with Gasteiger partial charge in [-0.3, -0.25) is 0 Å². The average Bonchev–Trinajstić information content (AvgIpc) is 2.19. The maximum Gasteiger partial charge on any atom is 0.209 e. The SMILES string of the molecule is N#Cc1ccc(C/[N+]([O-])=N/O)cc1. The predicted molar refractivity (Wildman–Crippen MR) is 42.7 cm³/mol. The van der Waals surface area contributed by atoms with E-state index in [0.29, 0.717) is 11.1 Å². The summed E-state index contributed by atoms with van der Waals surface area (Å²) in [5.74, 6) is 0. The van der Waals surface area contributed by atoms with Crippen molar-refractivity contribution in [1.29, 1.82) is 5.26 Å². The van der Waals surface area contributed by atoms with Crippen molar-refractivity contribution in [3.63, 3.8) is 0 Å². The number of benzene rings is 1. The Labute approximate surface area is 74.7 Å². The minimum absolute atomic E-state index is 0.0256. The minimum Gasteiger partial charge on any atom is -0.597 e. The summed E-state index contributed by atoms with van der Waals surface area (Å²) in [5.41, 5.74) is 1.22. The third-order valence-corrected chi connectivity index (χ3v) is 1.50. The molecule has 0 unspecified atom stereocenters.